The Kier molecular flexibility index (Phi) is 5.40. The fourth-order valence-corrected chi connectivity index (χ4v) is 5.26. The van der Waals surface area contributed by atoms with E-state index in [2.05, 4.69) is 49.6 Å². The highest BCUT2D eigenvalue weighted by molar-refractivity contribution is 6.91. The number of hydrogen-bond donors (Lipinski definition) is 1. The zero-order chi connectivity index (χ0) is 15.4. The van der Waals surface area contributed by atoms with Gasteiger partial charge in [-0.1, -0.05) is 55.5 Å². The van der Waals surface area contributed by atoms with E-state index >= 15 is 0 Å². The molecule has 0 spiro atoms. The summed E-state index contributed by atoms with van der Waals surface area (Å²) >= 11 is 0. The van der Waals surface area contributed by atoms with Crippen LogP contribution in [0, 0.1) is 0 Å². The minimum absolute atomic E-state index is 0.166. The van der Waals surface area contributed by atoms with E-state index in [1.807, 2.05) is 26.8 Å². The molecule has 112 valence electrons. The fraction of sp³-hybridized carbons (Fsp3) is 0.562. The van der Waals surface area contributed by atoms with Crippen LogP contribution in [0.1, 0.15) is 34.1 Å². The lowest BCUT2D eigenvalue weighted by Crippen LogP contribution is -2.60. The van der Waals surface area contributed by atoms with Crippen LogP contribution in [0.3, 0.4) is 0 Å². The van der Waals surface area contributed by atoms with Gasteiger partial charge in [0.2, 0.25) is 0 Å². The SMILES string of the molecule is CCC(NC(=O)OC(C)(C)C)[Si](C)(C)c1ccccc1. The second-order valence-corrected chi connectivity index (χ2v) is 11.4. The topological polar surface area (TPSA) is 38.3 Å². The maximum atomic E-state index is 12.0. The number of carbonyl (C=O) groups excluding carboxylic acids is 1. The van der Waals surface area contributed by atoms with Gasteiger partial charge in [-0.05, 0) is 27.2 Å². The largest absolute Gasteiger partial charge is 0.444 e. The first-order valence-corrected chi connectivity index (χ1v) is 10.3. The molecule has 1 aromatic rings. The van der Waals surface area contributed by atoms with E-state index in [9.17, 15) is 4.79 Å². The quantitative estimate of drug-likeness (QED) is 0.864. The molecule has 1 amide bonds. The summed E-state index contributed by atoms with van der Waals surface area (Å²) in [5.74, 6) is 0. The van der Waals surface area contributed by atoms with Gasteiger partial charge in [-0.15, -0.1) is 0 Å². The number of carbonyl (C=O) groups is 1. The van der Waals surface area contributed by atoms with Crippen molar-refractivity contribution < 1.29 is 9.53 Å². The van der Waals surface area contributed by atoms with Gasteiger partial charge in [0.15, 0.2) is 0 Å². The standard InChI is InChI=1S/C16H27NO2Si/c1-7-14(17-15(18)19-16(2,3)4)20(5,6)13-11-9-8-10-12-13/h8-12,14H,7H2,1-6H3,(H,17,18). The van der Waals surface area contributed by atoms with Gasteiger partial charge >= 0.3 is 6.09 Å². The molecule has 1 unspecified atom stereocenters. The van der Waals surface area contributed by atoms with E-state index in [1.54, 1.807) is 0 Å². The molecular weight excluding hydrogens is 266 g/mol. The summed E-state index contributed by atoms with van der Waals surface area (Å²) in [6.45, 7) is 12.3. The van der Waals surface area contributed by atoms with Crippen LogP contribution in [0.2, 0.25) is 13.1 Å². The monoisotopic (exact) mass is 293 g/mol. The maximum Gasteiger partial charge on any atom is 0.407 e. The predicted octanol–water partition coefficient (Wildman–Crippen LogP) is 3.44. The smallest absolute Gasteiger partial charge is 0.407 e. The van der Waals surface area contributed by atoms with Crippen LogP contribution in [0.25, 0.3) is 0 Å². The number of alkyl carbamates (subject to hydrolysis) is 1. The van der Waals surface area contributed by atoms with Gasteiger partial charge in [-0.2, -0.15) is 0 Å². The van der Waals surface area contributed by atoms with Crippen LogP contribution in [-0.2, 0) is 4.74 Å². The van der Waals surface area contributed by atoms with Crippen LogP contribution in [0.15, 0.2) is 30.3 Å². The molecule has 0 heterocycles. The van der Waals surface area contributed by atoms with Crippen molar-refractivity contribution in [3.63, 3.8) is 0 Å². The van der Waals surface area contributed by atoms with E-state index in [0.29, 0.717) is 0 Å². The van der Waals surface area contributed by atoms with Crippen molar-refractivity contribution in [2.45, 2.75) is 58.5 Å². The van der Waals surface area contributed by atoms with E-state index in [1.165, 1.54) is 5.19 Å². The maximum absolute atomic E-state index is 12.0. The summed E-state index contributed by atoms with van der Waals surface area (Å²) in [6.07, 6.45) is 0.591. The van der Waals surface area contributed by atoms with E-state index in [0.717, 1.165) is 6.42 Å². The summed E-state index contributed by atoms with van der Waals surface area (Å²) in [6, 6.07) is 10.5. The average Bonchev–Trinajstić information content (AvgIpc) is 2.34. The molecular formula is C16H27NO2Si. The van der Waals surface area contributed by atoms with Crippen molar-refractivity contribution in [1.29, 1.82) is 0 Å². The summed E-state index contributed by atoms with van der Waals surface area (Å²) in [4.78, 5) is 12.0. The average molecular weight is 293 g/mol. The molecule has 0 aliphatic heterocycles. The van der Waals surface area contributed by atoms with E-state index in [4.69, 9.17) is 4.74 Å². The Balaban J connectivity index is 2.83. The van der Waals surface area contributed by atoms with Crippen molar-refractivity contribution in [1.82, 2.24) is 5.32 Å². The van der Waals surface area contributed by atoms with E-state index < -0.39 is 13.7 Å². The lowest BCUT2D eigenvalue weighted by atomic mass is 10.2. The minimum Gasteiger partial charge on any atom is -0.444 e. The second-order valence-electron chi connectivity index (χ2n) is 6.69. The molecule has 1 aromatic carbocycles. The predicted molar refractivity (Wildman–Crippen MR) is 87.0 cm³/mol. The molecule has 3 nitrogen and oxygen atoms in total. The molecule has 0 aliphatic carbocycles. The van der Waals surface area contributed by atoms with E-state index in [-0.39, 0.29) is 11.8 Å². The third kappa shape index (κ3) is 4.67. The molecule has 0 aromatic heterocycles. The Labute approximate surface area is 123 Å². The van der Waals surface area contributed by atoms with Gasteiger partial charge in [0.25, 0.3) is 0 Å². The van der Waals surface area contributed by atoms with Gasteiger partial charge in [-0.3, -0.25) is 0 Å². The van der Waals surface area contributed by atoms with Gasteiger partial charge in [0, 0.05) is 5.67 Å². The first kappa shape index (κ1) is 16.8. The molecule has 4 heteroatoms. The molecule has 20 heavy (non-hydrogen) atoms. The first-order chi connectivity index (χ1) is 9.16. The molecule has 1 atom stereocenters. The van der Waals surface area contributed by atoms with Crippen LogP contribution in [-0.4, -0.2) is 25.4 Å². The van der Waals surface area contributed by atoms with Crippen LogP contribution in [0.4, 0.5) is 4.79 Å². The lowest BCUT2D eigenvalue weighted by Gasteiger charge is -2.33. The van der Waals surface area contributed by atoms with Crippen LogP contribution >= 0.6 is 0 Å². The van der Waals surface area contributed by atoms with Gasteiger partial charge in [0.05, 0.1) is 0 Å². The van der Waals surface area contributed by atoms with Crippen molar-refractivity contribution in [2.24, 2.45) is 0 Å². The van der Waals surface area contributed by atoms with Gasteiger partial charge in [0.1, 0.15) is 13.7 Å². The summed E-state index contributed by atoms with van der Waals surface area (Å²) in [5, 5.41) is 4.41. The lowest BCUT2D eigenvalue weighted by molar-refractivity contribution is 0.0518. The molecule has 0 bridgehead atoms. The molecule has 1 N–H and O–H groups in total. The van der Waals surface area contributed by atoms with Crippen molar-refractivity contribution in [3.05, 3.63) is 30.3 Å². The van der Waals surface area contributed by atoms with Crippen LogP contribution in [0.5, 0.6) is 0 Å². The summed E-state index contributed by atoms with van der Waals surface area (Å²) < 4.78 is 5.37. The Hall–Kier alpha value is -1.29. The first-order valence-electron chi connectivity index (χ1n) is 7.22. The van der Waals surface area contributed by atoms with Gasteiger partial charge < -0.3 is 10.1 Å². The second kappa shape index (κ2) is 6.44. The number of benzene rings is 1. The Morgan fingerprint density at radius 1 is 1.25 bits per heavy atom. The molecule has 0 saturated carbocycles. The summed E-state index contributed by atoms with van der Waals surface area (Å²) in [7, 11) is -1.76. The summed E-state index contributed by atoms with van der Waals surface area (Å²) in [5.41, 5.74) is -0.291. The van der Waals surface area contributed by atoms with Crippen molar-refractivity contribution in [3.8, 4) is 0 Å². The zero-order valence-electron chi connectivity index (χ0n) is 13.5. The molecule has 0 aliphatic rings. The fourth-order valence-electron chi connectivity index (χ4n) is 2.31. The Bertz CT molecular complexity index is 438. The minimum atomic E-state index is -1.76. The highest BCUT2D eigenvalue weighted by Gasteiger charge is 2.34. The number of ether oxygens (including phenoxy) is 1. The van der Waals surface area contributed by atoms with Crippen LogP contribution < -0.4 is 10.5 Å². The molecule has 1 rings (SSSR count). The Morgan fingerprint density at radius 2 is 1.80 bits per heavy atom. The van der Waals surface area contributed by atoms with Crippen molar-refractivity contribution >= 4 is 19.4 Å². The molecule has 0 radical (unpaired) electrons. The highest BCUT2D eigenvalue weighted by atomic mass is 28.3. The number of nitrogens with one attached hydrogen (secondary N) is 1. The molecule has 0 fully saturated rings. The highest BCUT2D eigenvalue weighted by Crippen LogP contribution is 2.14. The number of rotatable bonds is 4. The zero-order valence-corrected chi connectivity index (χ0v) is 14.5. The number of amides is 1. The normalized spacial score (nSPS) is 13.7. The third-order valence-electron chi connectivity index (χ3n) is 3.49. The molecule has 0 saturated heterocycles. The van der Waals surface area contributed by atoms with Gasteiger partial charge in [-0.25, -0.2) is 4.79 Å². The number of hydrogen-bond acceptors (Lipinski definition) is 2. The third-order valence-corrected chi connectivity index (χ3v) is 7.60. The van der Waals surface area contributed by atoms with Crippen molar-refractivity contribution in [2.75, 3.05) is 0 Å². The Morgan fingerprint density at radius 3 is 2.25 bits per heavy atom.